The second-order valence-corrected chi connectivity index (χ2v) is 5.37. The van der Waals surface area contributed by atoms with Crippen LogP contribution in [0.25, 0.3) is 0 Å². The molecule has 2 aromatic rings. The number of hydrogen-bond donors (Lipinski definition) is 1. The zero-order valence-electron chi connectivity index (χ0n) is 10.7. The summed E-state index contributed by atoms with van der Waals surface area (Å²) in [4.78, 5) is 9.08. The third kappa shape index (κ3) is 2.71. The van der Waals surface area contributed by atoms with Crippen LogP contribution < -0.4 is 5.73 Å². The number of nitrogen functional groups attached to an aromatic ring is 1. The Morgan fingerprint density at radius 1 is 1.21 bits per heavy atom. The van der Waals surface area contributed by atoms with E-state index in [0.717, 1.165) is 31.5 Å². The molecule has 1 aliphatic carbocycles. The highest BCUT2D eigenvalue weighted by atomic mass is 35.5. The van der Waals surface area contributed by atoms with E-state index in [4.69, 9.17) is 17.3 Å². The molecular formula is C15H16ClN3. The first-order valence-electron chi connectivity index (χ1n) is 6.60. The Morgan fingerprint density at radius 3 is 2.95 bits per heavy atom. The molecule has 0 saturated carbocycles. The van der Waals surface area contributed by atoms with Crippen molar-refractivity contribution in [1.29, 1.82) is 0 Å². The minimum atomic E-state index is 0.609. The lowest BCUT2D eigenvalue weighted by molar-refractivity contribution is 0.833. The number of nitrogens with zero attached hydrogens (tertiary/aromatic N) is 2. The summed E-state index contributed by atoms with van der Waals surface area (Å²) in [5, 5.41) is 0.609. The normalized spacial score (nSPS) is 13.5. The Morgan fingerprint density at radius 2 is 2.11 bits per heavy atom. The van der Waals surface area contributed by atoms with Gasteiger partial charge < -0.3 is 5.73 Å². The lowest BCUT2D eigenvalue weighted by atomic mass is 10.1. The summed E-state index contributed by atoms with van der Waals surface area (Å²) in [7, 11) is 0. The number of aromatic nitrogens is 2. The quantitative estimate of drug-likeness (QED) is 0.875. The third-order valence-electron chi connectivity index (χ3n) is 3.56. The van der Waals surface area contributed by atoms with Crippen LogP contribution in [0.4, 0.5) is 5.69 Å². The molecule has 0 unspecified atom stereocenters. The second-order valence-electron chi connectivity index (χ2n) is 4.97. The van der Waals surface area contributed by atoms with Crippen LogP contribution in [0, 0.1) is 0 Å². The molecule has 19 heavy (non-hydrogen) atoms. The number of benzene rings is 1. The van der Waals surface area contributed by atoms with Gasteiger partial charge in [0.25, 0.3) is 0 Å². The van der Waals surface area contributed by atoms with Crippen molar-refractivity contribution in [1.82, 2.24) is 9.97 Å². The van der Waals surface area contributed by atoms with E-state index in [1.54, 1.807) is 0 Å². The molecule has 1 aliphatic rings. The van der Waals surface area contributed by atoms with Gasteiger partial charge in [0, 0.05) is 18.3 Å². The number of halogens is 1. The zero-order valence-corrected chi connectivity index (χ0v) is 11.5. The Balaban J connectivity index is 1.70. The van der Waals surface area contributed by atoms with Crippen molar-refractivity contribution in [3.63, 3.8) is 0 Å². The van der Waals surface area contributed by atoms with E-state index in [2.05, 4.69) is 9.97 Å². The molecule has 0 atom stereocenters. The van der Waals surface area contributed by atoms with Crippen LogP contribution in [0.5, 0.6) is 0 Å². The fraction of sp³-hybridized carbons (Fsp3) is 0.333. The molecule has 0 amide bonds. The minimum absolute atomic E-state index is 0.609. The molecule has 3 rings (SSSR count). The van der Waals surface area contributed by atoms with Crippen LogP contribution in [-0.2, 0) is 25.7 Å². The molecule has 0 radical (unpaired) electrons. The maximum atomic E-state index is 5.91. The van der Waals surface area contributed by atoms with Gasteiger partial charge in [-0.25, -0.2) is 9.97 Å². The molecule has 0 spiro atoms. The van der Waals surface area contributed by atoms with Gasteiger partial charge in [0.15, 0.2) is 0 Å². The first kappa shape index (κ1) is 12.4. The summed E-state index contributed by atoms with van der Waals surface area (Å²) in [5.74, 6) is 0.925. The van der Waals surface area contributed by atoms with Crippen LogP contribution in [0.3, 0.4) is 0 Å². The largest absolute Gasteiger partial charge is 0.398 e. The van der Waals surface area contributed by atoms with E-state index < -0.39 is 0 Å². The smallest absolute Gasteiger partial charge is 0.128 e. The fourth-order valence-electron chi connectivity index (χ4n) is 2.48. The monoisotopic (exact) mass is 273 g/mol. The number of rotatable bonds is 3. The van der Waals surface area contributed by atoms with Gasteiger partial charge in [0.2, 0.25) is 0 Å². The highest BCUT2D eigenvalue weighted by molar-refractivity contribution is 6.33. The van der Waals surface area contributed by atoms with E-state index in [9.17, 15) is 0 Å². The maximum absolute atomic E-state index is 5.91. The van der Waals surface area contributed by atoms with E-state index in [1.807, 2.05) is 24.4 Å². The van der Waals surface area contributed by atoms with Crippen molar-refractivity contribution >= 4 is 17.3 Å². The lowest BCUT2D eigenvalue weighted by Gasteiger charge is -2.05. The van der Waals surface area contributed by atoms with Crippen molar-refractivity contribution in [3.05, 3.63) is 52.1 Å². The second kappa shape index (κ2) is 5.17. The molecule has 2 N–H and O–H groups in total. The van der Waals surface area contributed by atoms with Crippen molar-refractivity contribution in [3.8, 4) is 0 Å². The Bertz CT molecular complexity index is 610. The minimum Gasteiger partial charge on any atom is -0.398 e. The van der Waals surface area contributed by atoms with Crippen LogP contribution >= 0.6 is 11.6 Å². The summed E-state index contributed by atoms with van der Waals surface area (Å²) in [6.45, 7) is 0. The summed E-state index contributed by atoms with van der Waals surface area (Å²) in [5.41, 5.74) is 10.2. The van der Waals surface area contributed by atoms with E-state index in [1.165, 1.54) is 23.2 Å². The van der Waals surface area contributed by atoms with Gasteiger partial charge in [0.05, 0.1) is 10.7 Å². The molecule has 0 fully saturated rings. The molecule has 3 nitrogen and oxygen atoms in total. The number of nitrogens with two attached hydrogens (primary N) is 1. The third-order valence-corrected chi connectivity index (χ3v) is 3.91. The SMILES string of the molecule is Nc1cc(CCc2ncc3c(n2)CCC3)ccc1Cl. The molecule has 1 aromatic heterocycles. The molecule has 4 heteroatoms. The van der Waals surface area contributed by atoms with Gasteiger partial charge in [-0.3, -0.25) is 0 Å². The van der Waals surface area contributed by atoms with E-state index in [-0.39, 0.29) is 0 Å². The molecule has 0 saturated heterocycles. The standard InChI is InChI=1S/C15H16ClN3/c16-12-6-4-10(8-13(12)17)5-7-15-18-9-11-2-1-3-14(11)19-15/h4,6,8-9H,1-3,5,7,17H2. The number of anilines is 1. The van der Waals surface area contributed by atoms with Crippen LogP contribution in [0.1, 0.15) is 29.1 Å². The van der Waals surface area contributed by atoms with Crippen molar-refractivity contribution in [2.45, 2.75) is 32.1 Å². The van der Waals surface area contributed by atoms with Crippen LogP contribution in [-0.4, -0.2) is 9.97 Å². The summed E-state index contributed by atoms with van der Waals surface area (Å²) in [6.07, 6.45) is 7.15. The topological polar surface area (TPSA) is 51.8 Å². The summed E-state index contributed by atoms with van der Waals surface area (Å²) >= 11 is 5.91. The molecule has 0 bridgehead atoms. The first-order valence-corrected chi connectivity index (χ1v) is 6.98. The predicted molar refractivity (Wildman–Crippen MR) is 77.3 cm³/mol. The highest BCUT2D eigenvalue weighted by Crippen LogP contribution is 2.21. The molecule has 0 aliphatic heterocycles. The Labute approximate surface area is 117 Å². The van der Waals surface area contributed by atoms with Gasteiger partial charge in [-0.1, -0.05) is 17.7 Å². The molecule has 98 valence electrons. The van der Waals surface area contributed by atoms with E-state index in [0.29, 0.717) is 10.7 Å². The Hall–Kier alpha value is -1.61. The van der Waals surface area contributed by atoms with Crippen molar-refractivity contribution in [2.75, 3.05) is 5.73 Å². The van der Waals surface area contributed by atoms with Gasteiger partial charge >= 0.3 is 0 Å². The van der Waals surface area contributed by atoms with Crippen molar-refractivity contribution in [2.24, 2.45) is 0 Å². The number of aryl methyl sites for hydroxylation is 4. The molecular weight excluding hydrogens is 258 g/mol. The molecule has 1 aromatic carbocycles. The van der Waals surface area contributed by atoms with Crippen LogP contribution in [0.15, 0.2) is 24.4 Å². The number of hydrogen-bond acceptors (Lipinski definition) is 3. The first-order chi connectivity index (χ1) is 9.22. The fourth-order valence-corrected chi connectivity index (χ4v) is 2.60. The average Bonchev–Trinajstić information content (AvgIpc) is 2.87. The van der Waals surface area contributed by atoms with Gasteiger partial charge in [0.1, 0.15) is 5.82 Å². The van der Waals surface area contributed by atoms with Gasteiger partial charge in [-0.05, 0) is 48.9 Å². The predicted octanol–water partition coefficient (Wildman–Crippen LogP) is 2.99. The summed E-state index contributed by atoms with van der Waals surface area (Å²) in [6, 6.07) is 5.78. The van der Waals surface area contributed by atoms with Crippen molar-refractivity contribution < 1.29 is 0 Å². The van der Waals surface area contributed by atoms with E-state index >= 15 is 0 Å². The van der Waals surface area contributed by atoms with Gasteiger partial charge in [-0.15, -0.1) is 0 Å². The van der Waals surface area contributed by atoms with Crippen LogP contribution in [0.2, 0.25) is 5.02 Å². The molecule has 1 heterocycles. The highest BCUT2D eigenvalue weighted by Gasteiger charge is 2.13. The summed E-state index contributed by atoms with van der Waals surface area (Å²) < 4.78 is 0. The Kier molecular flexibility index (Phi) is 3.38. The maximum Gasteiger partial charge on any atom is 0.128 e. The zero-order chi connectivity index (χ0) is 13.2. The lowest BCUT2D eigenvalue weighted by Crippen LogP contribution is -2.02. The average molecular weight is 274 g/mol. The van der Waals surface area contributed by atoms with Gasteiger partial charge in [-0.2, -0.15) is 0 Å². The number of fused-ring (bicyclic) bond motifs is 1.